The molecule has 0 saturated heterocycles. The quantitative estimate of drug-likeness (QED) is 0.782. The first-order valence-corrected chi connectivity index (χ1v) is 8.88. The minimum atomic E-state index is 0.521. The lowest BCUT2D eigenvalue weighted by Gasteiger charge is -2.22. The summed E-state index contributed by atoms with van der Waals surface area (Å²) in [7, 11) is 2.08. The molecule has 1 aliphatic heterocycles. The Hall–Kier alpha value is -0.520. The Bertz CT molecular complexity index is 557. The Kier molecular flexibility index (Phi) is 4.68. The van der Waals surface area contributed by atoms with Crippen LogP contribution in [0.5, 0.6) is 0 Å². The Balaban J connectivity index is 1.71. The fourth-order valence-corrected chi connectivity index (χ4v) is 4.53. The minimum absolute atomic E-state index is 0.521. The van der Waals surface area contributed by atoms with Crippen molar-refractivity contribution in [3.63, 3.8) is 0 Å². The van der Waals surface area contributed by atoms with Gasteiger partial charge in [0.05, 0.1) is 0 Å². The van der Waals surface area contributed by atoms with Crippen molar-refractivity contribution in [2.45, 2.75) is 29.0 Å². The lowest BCUT2D eigenvalue weighted by atomic mass is 9.99. The molecule has 1 N–H and O–H groups in total. The number of nitrogens with one attached hydrogen (secondary N) is 1. The van der Waals surface area contributed by atoms with Crippen molar-refractivity contribution < 1.29 is 0 Å². The molecule has 3 rings (SSSR count). The van der Waals surface area contributed by atoms with E-state index in [0.29, 0.717) is 11.3 Å². The maximum absolute atomic E-state index is 3.52. The van der Waals surface area contributed by atoms with E-state index in [0.717, 1.165) is 6.42 Å². The van der Waals surface area contributed by atoms with Gasteiger partial charge in [0.15, 0.2) is 0 Å². The fourth-order valence-electron chi connectivity index (χ4n) is 2.73. The zero-order chi connectivity index (χ0) is 13.9. The summed E-state index contributed by atoms with van der Waals surface area (Å²) >= 11 is 4.39. The van der Waals surface area contributed by atoms with E-state index in [1.165, 1.54) is 26.0 Å². The topological polar surface area (TPSA) is 12.0 Å². The van der Waals surface area contributed by atoms with Gasteiger partial charge >= 0.3 is 0 Å². The smallest absolute Gasteiger partial charge is 0.0292 e. The summed E-state index contributed by atoms with van der Waals surface area (Å²) in [6, 6.07) is 18.2. The van der Waals surface area contributed by atoms with Crippen molar-refractivity contribution in [3.8, 4) is 0 Å². The Morgan fingerprint density at radius 3 is 2.65 bits per heavy atom. The molecule has 20 heavy (non-hydrogen) atoms. The predicted octanol–water partition coefficient (Wildman–Crippen LogP) is 4.14. The van der Waals surface area contributed by atoms with Crippen molar-refractivity contribution >= 4 is 34.4 Å². The van der Waals surface area contributed by atoms with Gasteiger partial charge in [0.25, 0.3) is 0 Å². The number of benzene rings is 2. The molecule has 0 aromatic heterocycles. The summed E-state index contributed by atoms with van der Waals surface area (Å²) in [6.45, 7) is 0. The number of likely N-dealkylation sites (N-methyl/N-ethyl adjacent to an activating group) is 1. The Labute approximate surface area is 138 Å². The minimum Gasteiger partial charge on any atom is -0.316 e. The van der Waals surface area contributed by atoms with Crippen molar-refractivity contribution in [1.82, 2.24) is 5.32 Å². The molecule has 2 unspecified atom stereocenters. The van der Waals surface area contributed by atoms with Gasteiger partial charge in [0, 0.05) is 19.8 Å². The SMILES string of the molecule is CNC(Cc1ccc(I)cc1)C1Cc2ccccc2S1. The van der Waals surface area contributed by atoms with Gasteiger partial charge in [-0.15, -0.1) is 11.8 Å². The number of rotatable bonds is 4. The summed E-state index contributed by atoms with van der Waals surface area (Å²) in [5.41, 5.74) is 2.92. The molecule has 2 atom stereocenters. The summed E-state index contributed by atoms with van der Waals surface area (Å²) in [6.07, 6.45) is 2.27. The summed E-state index contributed by atoms with van der Waals surface area (Å²) in [4.78, 5) is 1.46. The molecule has 104 valence electrons. The highest BCUT2D eigenvalue weighted by Gasteiger charge is 2.28. The highest BCUT2D eigenvalue weighted by atomic mass is 127. The summed E-state index contributed by atoms with van der Waals surface area (Å²) in [5.74, 6) is 0. The third kappa shape index (κ3) is 3.21. The van der Waals surface area contributed by atoms with Gasteiger partial charge < -0.3 is 5.32 Å². The molecule has 0 amide bonds. The van der Waals surface area contributed by atoms with E-state index in [-0.39, 0.29) is 0 Å². The van der Waals surface area contributed by atoms with Crippen LogP contribution in [0.15, 0.2) is 53.4 Å². The molecule has 0 spiro atoms. The molecule has 0 saturated carbocycles. The number of hydrogen-bond acceptors (Lipinski definition) is 2. The first-order chi connectivity index (χ1) is 9.76. The van der Waals surface area contributed by atoms with Gasteiger partial charge in [0.2, 0.25) is 0 Å². The molecular weight excluding hydrogens is 377 g/mol. The molecular formula is C17H18INS. The van der Waals surface area contributed by atoms with Crippen LogP contribution in [0.1, 0.15) is 11.1 Å². The molecule has 1 nitrogen and oxygen atoms in total. The monoisotopic (exact) mass is 395 g/mol. The molecule has 0 bridgehead atoms. The molecule has 2 aromatic rings. The number of hydrogen-bond donors (Lipinski definition) is 1. The van der Waals surface area contributed by atoms with E-state index in [2.05, 4.69) is 83.5 Å². The number of thioether (sulfide) groups is 1. The fraction of sp³-hybridized carbons (Fsp3) is 0.294. The van der Waals surface area contributed by atoms with E-state index in [4.69, 9.17) is 0 Å². The summed E-state index contributed by atoms with van der Waals surface area (Å²) < 4.78 is 1.30. The molecule has 0 radical (unpaired) electrons. The van der Waals surface area contributed by atoms with Gasteiger partial charge in [-0.05, 0) is 71.8 Å². The average Bonchev–Trinajstić information content (AvgIpc) is 2.90. The van der Waals surface area contributed by atoms with Crippen LogP contribution in [-0.2, 0) is 12.8 Å². The van der Waals surface area contributed by atoms with Crippen LogP contribution in [0, 0.1) is 3.57 Å². The van der Waals surface area contributed by atoms with Gasteiger partial charge in [0.1, 0.15) is 0 Å². The zero-order valence-corrected chi connectivity index (χ0v) is 14.4. The molecule has 2 aromatic carbocycles. The van der Waals surface area contributed by atoms with Crippen molar-refractivity contribution in [2.24, 2.45) is 0 Å². The number of fused-ring (bicyclic) bond motifs is 1. The van der Waals surface area contributed by atoms with Crippen LogP contribution in [0.2, 0.25) is 0 Å². The molecule has 1 heterocycles. The second kappa shape index (κ2) is 6.50. The summed E-state index contributed by atoms with van der Waals surface area (Å²) in [5, 5.41) is 4.16. The van der Waals surface area contributed by atoms with Crippen LogP contribution in [0.4, 0.5) is 0 Å². The Morgan fingerprint density at radius 2 is 1.95 bits per heavy atom. The molecule has 3 heteroatoms. The standard InChI is InChI=1S/C17H18INS/c1-19-15(10-12-6-8-14(18)9-7-12)17-11-13-4-2-3-5-16(13)20-17/h2-9,15,17,19H,10-11H2,1H3. The molecule has 0 aliphatic carbocycles. The van der Waals surface area contributed by atoms with Crippen LogP contribution < -0.4 is 5.32 Å². The highest BCUT2D eigenvalue weighted by molar-refractivity contribution is 14.1. The predicted molar refractivity (Wildman–Crippen MR) is 95.5 cm³/mol. The van der Waals surface area contributed by atoms with Crippen LogP contribution in [0.3, 0.4) is 0 Å². The van der Waals surface area contributed by atoms with Gasteiger partial charge in [-0.25, -0.2) is 0 Å². The van der Waals surface area contributed by atoms with E-state index in [1.807, 2.05) is 11.8 Å². The largest absolute Gasteiger partial charge is 0.316 e. The second-order valence-corrected chi connectivity index (χ2v) is 7.72. The molecule has 0 fully saturated rings. The lowest BCUT2D eigenvalue weighted by molar-refractivity contribution is 0.537. The van der Waals surface area contributed by atoms with Crippen LogP contribution in [-0.4, -0.2) is 18.3 Å². The van der Waals surface area contributed by atoms with Crippen molar-refractivity contribution in [1.29, 1.82) is 0 Å². The first kappa shape index (κ1) is 14.4. The van der Waals surface area contributed by atoms with E-state index >= 15 is 0 Å². The van der Waals surface area contributed by atoms with Gasteiger partial charge in [-0.3, -0.25) is 0 Å². The maximum atomic E-state index is 3.52. The normalized spacial score (nSPS) is 18.8. The second-order valence-electron chi connectivity index (χ2n) is 5.19. The van der Waals surface area contributed by atoms with Crippen molar-refractivity contribution in [3.05, 3.63) is 63.2 Å². The zero-order valence-electron chi connectivity index (χ0n) is 11.5. The Morgan fingerprint density at radius 1 is 1.20 bits per heavy atom. The molecule has 1 aliphatic rings. The lowest BCUT2D eigenvalue weighted by Crippen LogP contribution is -2.37. The highest BCUT2D eigenvalue weighted by Crippen LogP contribution is 2.38. The van der Waals surface area contributed by atoms with E-state index in [1.54, 1.807) is 0 Å². The maximum Gasteiger partial charge on any atom is 0.0292 e. The van der Waals surface area contributed by atoms with Crippen LogP contribution >= 0.6 is 34.4 Å². The van der Waals surface area contributed by atoms with Gasteiger partial charge in [-0.1, -0.05) is 30.3 Å². The van der Waals surface area contributed by atoms with E-state index in [9.17, 15) is 0 Å². The third-order valence-corrected chi connectivity index (χ3v) is 6.03. The average molecular weight is 395 g/mol. The number of halogens is 1. The first-order valence-electron chi connectivity index (χ1n) is 6.92. The van der Waals surface area contributed by atoms with Crippen molar-refractivity contribution in [2.75, 3.05) is 7.05 Å². The van der Waals surface area contributed by atoms with Gasteiger partial charge in [-0.2, -0.15) is 0 Å². The third-order valence-electron chi connectivity index (χ3n) is 3.86. The van der Waals surface area contributed by atoms with Crippen LogP contribution in [0.25, 0.3) is 0 Å². The van der Waals surface area contributed by atoms with E-state index < -0.39 is 0 Å².